The largest absolute Gasteiger partial charge is 0.395 e. The summed E-state index contributed by atoms with van der Waals surface area (Å²) in [6, 6.07) is 1.88. The Morgan fingerprint density at radius 3 is 2.48 bits per heavy atom. The van der Waals surface area contributed by atoms with Crippen molar-refractivity contribution in [1.82, 2.24) is 14.9 Å². The third-order valence-corrected chi connectivity index (χ3v) is 8.90. The molecule has 1 aromatic heterocycles. The van der Waals surface area contributed by atoms with Gasteiger partial charge in [-0.05, 0) is 43.4 Å². The number of anilines is 1. The van der Waals surface area contributed by atoms with Gasteiger partial charge >= 0.3 is 0 Å². The van der Waals surface area contributed by atoms with E-state index in [2.05, 4.69) is 19.8 Å². The van der Waals surface area contributed by atoms with E-state index in [1.54, 1.807) is 0 Å². The zero-order chi connectivity index (χ0) is 23.4. The molecular weight excluding hydrogens is 474 g/mol. The van der Waals surface area contributed by atoms with Gasteiger partial charge in [-0.15, -0.1) is 0 Å². The van der Waals surface area contributed by atoms with Gasteiger partial charge in [0.1, 0.15) is 17.5 Å². The summed E-state index contributed by atoms with van der Waals surface area (Å²) in [5, 5.41) is 8.93. The number of fused-ring (bicyclic) bond motifs is 1. The molecule has 3 aliphatic rings. The maximum Gasteiger partial charge on any atom is 0.164 e. The van der Waals surface area contributed by atoms with Crippen LogP contribution in [0.3, 0.4) is 0 Å². The SMILES string of the molecule is OCCN1CCC2(CCN(c3nc(-c4cc(F)c(Cl)cc4F)nc4c3CS(O)(O)C4)CC2)C1. The second kappa shape index (κ2) is 8.58. The van der Waals surface area contributed by atoms with Crippen molar-refractivity contribution in [2.75, 3.05) is 44.2 Å². The van der Waals surface area contributed by atoms with Crippen LogP contribution in [0.15, 0.2) is 12.1 Å². The van der Waals surface area contributed by atoms with Crippen LogP contribution in [0.4, 0.5) is 14.6 Å². The summed E-state index contributed by atoms with van der Waals surface area (Å²) in [6.45, 7) is 4.25. The molecule has 3 N–H and O–H groups in total. The number of aromatic nitrogens is 2. The van der Waals surface area contributed by atoms with Gasteiger partial charge in [-0.3, -0.25) is 9.11 Å². The molecule has 1 spiro atoms. The van der Waals surface area contributed by atoms with E-state index < -0.39 is 22.2 Å². The van der Waals surface area contributed by atoms with Crippen LogP contribution in [-0.4, -0.2) is 68.4 Å². The Labute approximate surface area is 197 Å². The molecule has 1 aromatic carbocycles. The number of aliphatic hydroxyl groups is 1. The molecule has 0 radical (unpaired) electrons. The summed E-state index contributed by atoms with van der Waals surface area (Å²) in [6.07, 6.45) is 2.98. The minimum atomic E-state index is -2.87. The summed E-state index contributed by atoms with van der Waals surface area (Å²) in [7, 11) is -2.87. The molecular formula is C22H27ClF2N4O3S. The van der Waals surface area contributed by atoms with Crippen LogP contribution < -0.4 is 4.90 Å². The fourth-order valence-corrected chi connectivity index (χ4v) is 7.01. The van der Waals surface area contributed by atoms with Gasteiger partial charge < -0.3 is 14.9 Å². The Morgan fingerprint density at radius 1 is 1.03 bits per heavy atom. The molecule has 11 heteroatoms. The van der Waals surface area contributed by atoms with E-state index in [1.807, 2.05) is 0 Å². The lowest BCUT2D eigenvalue weighted by Gasteiger charge is -2.40. The van der Waals surface area contributed by atoms with Crippen LogP contribution in [0, 0.1) is 17.0 Å². The number of piperidine rings is 1. The number of halogens is 3. The van der Waals surface area contributed by atoms with Crippen molar-refractivity contribution in [3.8, 4) is 11.4 Å². The van der Waals surface area contributed by atoms with Gasteiger partial charge in [0.25, 0.3) is 0 Å². The van der Waals surface area contributed by atoms with Crippen molar-refractivity contribution in [2.45, 2.75) is 30.8 Å². The number of benzene rings is 1. The second-order valence-corrected chi connectivity index (χ2v) is 12.0. The average molecular weight is 501 g/mol. The monoisotopic (exact) mass is 500 g/mol. The molecule has 2 aromatic rings. The third-order valence-electron chi connectivity index (χ3n) is 7.12. The predicted octanol–water partition coefficient (Wildman–Crippen LogP) is 4.12. The molecule has 0 atom stereocenters. The van der Waals surface area contributed by atoms with Crippen LogP contribution in [-0.2, 0) is 11.5 Å². The lowest BCUT2D eigenvalue weighted by atomic mass is 9.77. The van der Waals surface area contributed by atoms with Crippen LogP contribution >= 0.6 is 22.2 Å². The molecule has 5 rings (SSSR count). The van der Waals surface area contributed by atoms with Crippen molar-refractivity contribution in [3.05, 3.63) is 40.0 Å². The molecule has 4 heterocycles. The number of aliphatic hydroxyl groups excluding tert-OH is 1. The van der Waals surface area contributed by atoms with Crippen molar-refractivity contribution in [1.29, 1.82) is 0 Å². The zero-order valence-corrected chi connectivity index (χ0v) is 19.7. The molecule has 7 nitrogen and oxygen atoms in total. The van der Waals surface area contributed by atoms with Gasteiger partial charge in [-0.25, -0.2) is 18.7 Å². The molecule has 3 aliphatic heterocycles. The highest BCUT2D eigenvalue weighted by molar-refractivity contribution is 8.23. The molecule has 2 saturated heterocycles. The maximum absolute atomic E-state index is 14.6. The van der Waals surface area contributed by atoms with E-state index in [0.29, 0.717) is 23.6 Å². The highest BCUT2D eigenvalue weighted by Crippen LogP contribution is 2.54. The Balaban J connectivity index is 1.46. The van der Waals surface area contributed by atoms with E-state index in [-0.39, 0.29) is 39.9 Å². The lowest BCUT2D eigenvalue weighted by Crippen LogP contribution is -2.42. The van der Waals surface area contributed by atoms with Gasteiger partial charge in [-0.1, -0.05) is 11.6 Å². The first-order valence-electron chi connectivity index (χ1n) is 11.1. The minimum Gasteiger partial charge on any atom is -0.395 e. The summed E-state index contributed by atoms with van der Waals surface area (Å²) in [5.74, 6) is -0.856. The first-order chi connectivity index (χ1) is 15.7. The molecule has 0 unspecified atom stereocenters. The van der Waals surface area contributed by atoms with E-state index in [9.17, 15) is 23.0 Å². The quantitative estimate of drug-likeness (QED) is 0.544. The highest BCUT2D eigenvalue weighted by Gasteiger charge is 2.42. The van der Waals surface area contributed by atoms with Crippen LogP contribution in [0.1, 0.15) is 30.5 Å². The summed E-state index contributed by atoms with van der Waals surface area (Å²) in [4.78, 5) is 13.4. The van der Waals surface area contributed by atoms with Gasteiger partial charge in [-0.2, -0.15) is 10.6 Å². The van der Waals surface area contributed by atoms with Crippen molar-refractivity contribution < 1.29 is 23.0 Å². The first-order valence-corrected chi connectivity index (χ1v) is 13.3. The molecule has 0 bridgehead atoms. The Morgan fingerprint density at radius 2 is 1.76 bits per heavy atom. The highest BCUT2D eigenvalue weighted by atomic mass is 35.5. The summed E-state index contributed by atoms with van der Waals surface area (Å²) >= 11 is 5.70. The van der Waals surface area contributed by atoms with E-state index in [4.69, 9.17) is 11.6 Å². The van der Waals surface area contributed by atoms with Gasteiger partial charge in [0, 0.05) is 31.7 Å². The molecule has 0 saturated carbocycles. The fourth-order valence-electron chi connectivity index (χ4n) is 5.32. The van der Waals surface area contributed by atoms with Crippen molar-refractivity contribution >= 4 is 28.0 Å². The maximum atomic E-state index is 14.6. The first kappa shape index (κ1) is 23.2. The normalized spacial score (nSPS) is 22.7. The molecule has 0 amide bonds. The minimum absolute atomic E-state index is 0.0174. The van der Waals surface area contributed by atoms with Gasteiger partial charge in [0.15, 0.2) is 5.82 Å². The molecule has 0 aliphatic carbocycles. The Hall–Kier alpha value is -1.56. The van der Waals surface area contributed by atoms with E-state index in [1.165, 1.54) is 0 Å². The number of hydrogen-bond donors (Lipinski definition) is 3. The zero-order valence-electron chi connectivity index (χ0n) is 18.1. The van der Waals surface area contributed by atoms with Crippen LogP contribution in [0.5, 0.6) is 0 Å². The topological polar surface area (TPSA) is 93.0 Å². The van der Waals surface area contributed by atoms with Gasteiger partial charge in [0.2, 0.25) is 0 Å². The predicted molar refractivity (Wildman–Crippen MR) is 125 cm³/mol. The number of β-amino-alcohol motifs (C(OH)–C–C–N with tert-alkyl or cyclic N) is 1. The number of likely N-dealkylation sites (tertiary alicyclic amines) is 1. The molecule has 180 valence electrons. The molecule has 2 fully saturated rings. The second-order valence-electron chi connectivity index (χ2n) is 9.37. The number of rotatable bonds is 4. The third kappa shape index (κ3) is 4.44. The summed E-state index contributed by atoms with van der Waals surface area (Å²) < 4.78 is 49.4. The van der Waals surface area contributed by atoms with E-state index >= 15 is 0 Å². The van der Waals surface area contributed by atoms with E-state index in [0.717, 1.165) is 57.6 Å². The molecule has 33 heavy (non-hydrogen) atoms. The van der Waals surface area contributed by atoms with Crippen LogP contribution in [0.25, 0.3) is 11.4 Å². The van der Waals surface area contributed by atoms with Crippen LogP contribution in [0.2, 0.25) is 5.02 Å². The van der Waals surface area contributed by atoms with Gasteiger partial charge in [0.05, 0.1) is 34.4 Å². The Bertz CT molecular complexity index is 1080. The number of nitrogens with zero attached hydrogens (tertiary/aromatic N) is 4. The Kier molecular flexibility index (Phi) is 6.03. The summed E-state index contributed by atoms with van der Waals surface area (Å²) in [5.41, 5.74) is 1.25. The smallest absolute Gasteiger partial charge is 0.164 e. The average Bonchev–Trinajstić information content (AvgIpc) is 3.29. The lowest BCUT2D eigenvalue weighted by molar-refractivity contribution is 0.181. The van der Waals surface area contributed by atoms with Crippen molar-refractivity contribution in [3.63, 3.8) is 0 Å². The van der Waals surface area contributed by atoms with Crippen molar-refractivity contribution in [2.24, 2.45) is 5.41 Å². The standard InChI is InChI=1S/C22H27ClF2N4O3S/c23-16-10-17(24)14(9-18(16)25)20-26-19-12-33(31,32)11-15(19)21(27-20)29-5-2-22(3-6-29)1-4-28(13-22)7-8-30/h9-10,30-32H,1-8,11-13H2. The fraction of sp³-hybridized carbons (Fsp3) is 0.545. The number of hydrogen-bond acceptors (Lipinski definition) is 7.